The average molecular weight is 346 g/mol. The van der Waals surface area contributed by atoms with Gasteiger partial charge in [0.1, 0.15) is 5.75 Å². The van der Waals surface area contributed by atoms with E-state index in [1.54, 1.807) is 18.4 Å². The van der Waals surface area contributed by atoms with Crippen LogP contribution in [0.5, 0.6) is 5.75 Å². The van der Waals surface area contributed by atoms with E-state index in [0.29, 0.717) is 0 Å². The molecular formula is C14H14BrClOS. The van der Waals surface area contributed by atoms with Gasteiger partial charge in [-0.3, -0.25) is 0 Å². The fraction of sp³-hybridized carbons (Fsp3) is 0.286. The number of aryl methyl sites for hydroxylation is 2. The van der Waals surface area contributed by atoms with Crippen LogP contribution in [0.25, 0.3) is 0 Å². The summed E-state index contributed by atoms with van der Waals surface area (Å²) in [5.74, 6) is 0.821. The summed E-state index contributed by atoms with van der Waals surface area (Å²) < 4.78 is 6.16. The van der Waals surface area contributed by atoms with E-state index in [9.17, 15) is 0 Å². The van der Waals surface area contributed by atoms with Crippen LogP contribution in [-0.4, -0.2) is 7.11 Å². The number of rotatable bonds is 3. The number of alkyl halides is 1. The lowest BCUT2D eigenvalue weighted by molar-refractivity contribution is 0.412. The van der Waals surface area contributed by atoms with Crippen LogP contribution < -0.4 is 4.74 Å². The molecule has 0 saturated heterocycles. The zero-order valence-electron chi connectivity index (χ0n) is 10.5. The number of methoxy groups -OCH3 is 1. The van der Waals surface area contributed by atoms with Gasteiger partial charge in [-0.1, -0.05) is 6.07 Å². The lowest BCUT2D eigenvalue weighted by Gasteiger charge is -2.11. The third-order valence-corrected chi connectivity index (χ3v) is 5.21. The molecule has 0 aliphatic heterocycles. The quantitative estimate of drug-likeness (QED) is 0.671. The van der Waals surface area contributed by atoms with Gasteiger partial charge in [0.15, 0.2) is 0 Å². The first-order valence-electron chi connectivity index (χ1n) is 5.57. The molecule has 0 radical (unpaired) electrons. The van der Waals surface area contributed by atoms with Crippen molar-refractivity contribution in [3.63, 3.8) is 0 Å². The van der Waals surface area contributed by atoms with E-state index in [0.717, 1.165) is 15.8 Å². The second kappa shape index (κ2) is 5.64. The molecule has 1 heterocycles. The van der Waals surface area contributed by atoms with Crippen LogP contribution in [0.1, 0.15) is 26.3 Å². The molecule has 0 spiro atoms. The molecule has 0 aliphatic rings. The highest BCUT2D eigenvalue weighted by atomic mass is 79.9. The highest BCUT2D eigenvalue weighted by molar-refractivity contribution is 9.10. The topological polar surface area (TPSA) is 9.23 Å². The number of benzene rings is 1. The minimum absolute atomic E-state index is 0.106. The van der Waals surface area contributed by atoms with E-state index in [2.05, 4.69) is 35.8 Å². The number of ether oxygens (including phenoxy) is 1. The fourth-order valence-corrected chi connectivity index (χ4v) is 3.94. The summed E-state index contributed by atoms with van der Waals surface area (Å²) in [5, 5.41) is -0.106. The Bertz CT molecular complexity index is 565. The molecule has 1 nitrogen and oxygen atoms in total. The molecule has 1 atom stereocenters. The van der Waals surface area contributed by atoms with E-state index < -0.39 is 0 Å². The van der Waals surface area contributed by atoms with Gasteiger partial charge in [0.2, 0.25) is 0 Å². The lowest BCUT2D eigenvalue weighted by atomic mass is 10.1. The maximum atomic E-state index is 6.57. The third kappa shape index (κ3) is 2.73. The lowest BCUT2D eigenvalue weighted by Crippen LogP contribution is -1.93. The van der Waals surface area contributed by atoms with Gasteiger partial charge in [0.05, 0.1) is 17.0 Å². The van der Waals surface area contributed by atoms with Gasteiger partial charge in [-0.15, -0.1) is 22.9 Å². The van der Waals surface area contributed by atoms with Crippen molar-refractivity contribution in [1.29, 1.82) is 0 Å². The molecule has 2 aromatic rings. The molecular weight excluding hydrogens is 332 g/mol. The van der Waals surface area contributed by atoms with Crippen molar-refractivity contribution in [2.45, 2.75) is 19.2 Å². The minimum Gasteiger partial charge on any atom is -0.496 e. The van der Waals surface area contributed by atoms with Gasteiger partial charge in [-0.25, -0.2) is 0 Å². The Balaban J connectivity index is 2.37. The van der Waals surface area contributed by atoms with Gasteiger partial charge in [-0.05, 0) is 59.1 Å². The molecule has 1 aromatic heterocycles. The molecule has 1 aromatic carbocycles. The predicted octanol–water partition coefficient (Wildman–Crippen LogP) is 5.46. The third-order valence-electron chi connectivity index (χ3n) is 2.78. The van der Waals surface area contributed by atoms with Crippen molar-refractivity contribution in [1.82, 2.24) is 0 Å². The minimum atomic E-state index is -0.106. The summed E-state index contributed by atoms with van der Waals surface area (Å²) in [7, 11) is 1.66. The summed E-state index contributed by atoms with van der Waals surface area (Å²) in [6.07, 6.45) is 0. The number of hydrogen-bond donors (Lipinski definition) is 0. The largest absolute Gasteiger partial charge is 0.496 e. The molecule has 2 rings (SSSR count). The molecule has 96 valence electrons. The molecule has 18 heavy (non-hydrogen) atoms. The summed E-state index contributed by atoms with van der Waals surface area (Å²) in [6.45, 7) is 4.21. The summed E-state index contributed by atoms with van der Waals surface area (Å²) in [5.41, 5.74) is 2.33. The van der Waals surface area contributed by atoms with Crippen LogP contribution in [-0.2, 0) is 0 Å². The molecule has 0 fully saturated rings. The monoisotopic (exact) mass is 344 g/mol. The van der Waals surface area contributed by atoms with E-state index in [-0.39, 0.29) is 5.38 Å². The zero-order valence-corrected chi connectivity index (χ0v) is 13.6. The van der Waals surface area contributed by atoms with Crippen LogP contribution in [0.3, 0.4) is 0 Å². The number of halogens is 2. The van der Waals surface area contributed by atoms with Crippen molar-refractivity contribution < 1.29 is 4.74 Å². The summed E-state index contributed by atoms with van der Waals surface area (Å²) >= 11 is 11.8. The van der Waals surface area contributed by atoms with E-state index in [1.807, 2.05) is 18.2 Å². The van der Waals surface area contributed by atoms with Gasteiger partial charge >= 0.3 is 0 Å². The maximum absolute atomic E-state index is 6.57. The van der Waals surface area contributed by atoms with Crippen molar-refractivity contribution in [3.8, 4) is 5.75 Å². The highest BCUT2D eigenvalue weighted by Crippen LogP contribution is 2.38. The van der Waals surface area contributed by atoms with E-state index >= 15 is 0 Å². The summed E-state index contributed by atoms with van der Waals surface area (Å²) in [4.78, 5) is 2.51. The van der Waals surface area contributed by atoms with Crippen LogP contribution in [0.15, 0.2) is 28.7 Å². The van der Waals surface area contributed by atoms with Gasteiger partial charge in [-0.2, -0.15) is 0 Å². The maximum Gasteiger partial charge on any atom is 0.133 e. The SMILES string of the molecule is COc1ccc(C(Cl)c2sc(C)cc2C)cc1Br. The molecule has 0 bridgehead atoms. The van der Waals surface area contributed by atoms with Crippen molar-refractivity contribution in [3.05, 3.63) is 49.6 Å². The highest BCUT2D eigenvalue weighted by Gasteiger charge is 2.17. The molecule has 1 unspecified atom stereocenters. The van der Waals surface area contributed by atoms with Crippen molar-refractivity contribution in [2.24, 2.45) is 0 Å². The first-order chi connectivity index (χ1) is 8.52. The van der Waals surface area contributed by atoms with Gasteiger partial charge in [0.25, 0.3) is 0 Å². The van der Waals surface area contributed by atoms with Gasteiger partial charge < -0.3 is 4.74 Å². The molecule has 0 amide bonds. The molecule has 0 aliphatic carbocycles. The van der Waals surface area contributed by atoms with Gasteiger partial charge in [0, 0.05) is 9.75 Å². The Morgan fingerprint density at radius 1 is 1.28 bits per heavy atom. The van der Waals surface area contributed by atoms with Crippen molar-refractivity contribution >= 4 is 38.9 Å². The Kier molecular flexibility index (Phi) is 4.36. The Morgan fingerprint density at radius 3 is 2.50 bits per heavy atom. The predicted molar refractivity (Wildman–Crippen MR) is 82.2 cm³/mol. The molecule has 0 N–H and O–H groups in total. The van der Waals surface area contributed by atoms with E-state index in [1.165, 1.54) is 15.3 Å². The number of thiophene rings is 1. The van der Waals surface area contributed by atoms with Crippen LogP contribution in [0.2, 0.25) is 0 Å². The fourth-order valence-electron chi connectivity index (χ4n) is 1.90. The Hall–Kier alpha value is -0.510. The van der Waals surface area contributed by atoms with Crippen LogP contribution in [0.4, 0.5) is 0 Å². The first-order valence-corrected chi connectivity index (χ1v) is 7.62. The number of hydrogen-bond acceptors (Lipinski definition) is 2. The summed E-state index contributed by atoms with van der Waals surface area (Å²) in [6, 6.07) is 8.14. The smallest absolute Gasteiger partial charge is 0.133 e. The van der Waals surface area contributed by atoms with E-state index in [4.69, 9.17) is 16.3 Å². The van der Waals surface area contributed by atoms with Crippen LogP contribution in [0, 0.1) is 13.8 Å². The van der Waals surface area contributed by atoms with Crippen molar-refractivity contribution in [2.75, 3.05) is 7.11 Å². The Labute approximate surface area is 125 Å². The second-order valence-corrected chi connectivity index (χ2v) is 6.74. The molecule has 4 heteroatoms. The Morgan fingerprint density at radius 2 is 2.00 bits per heavy atom. The second-order valence-electron chi connectivity index (χ2n) is 4.16. The standard InChI is InChI=1S/C14H14BrClOS/c1-8-6-9(2)18-14(8)13(16)10-4-5-12(17-3)11(15)7-10/h4-7,13H,1-3H3. The zero-order chi connectivity index (χ0) is 13.3. The average Bonchev–Trinajstić information content (AvgIpc) is 2.67. The molecule has 0 saturated carbocycles. The van der Waals surface area contributed by atoms with Crippen LogP contribution >= 0.6 is 38.9 Å². The normalized spacial score (nSPS) is 12.5. The first kappa shape index (κ1) is 13.9.